The van der Waals surface area contributed by atoms with Gasteiger partial charge >= 0.3 is 0 Å². The van der Waals surface area contributed by atoms with Crippen LogP contribution in [-0.2, 0) is 4.79 Å². The van der Waals surface area contributed by atoms with Gasteiger partial charge in [-0.05, 0) is 6.92 Å². The van der Waals surface area contributed by atoms with Crippen LogP contribution in [0.25, 0.3) is 0 Å². The van der Waals surface area contributed by atoms with Crippen LogP contribution in [-0.4, -0.2) is 18.9 Å². The second-order valence-corrected chi connectivity index (χ2v) is 2.36. The molecule has 0 atom stereocenters. The molecule has 12 heavy (non-hydrogen) atoms. The summed E-state index contributed by atoms with van der Waals surface area (Å²) in [5, 5.41) is 6.00. The van der Waals surface area contributed by atoms with Gasteiger partial charge in [0.05, 0.1) is 5.70 Å². The van der Waals surface area contributed by atoms with Gasteiger partial charge in [0.1, 0.15) is 5.78 Å². The molecule has 0 aromatic heterocycles. The van der Waals surface area contributed by atoms with Crippen LogP contribution >= 0.6 is 0 Å². The summed E-state index contributed by atoms with van der Waals surface area (Å²) in [4.78, 5) is 10.5. The van der Waals surface area contributed by atoms with Crippen LogP contribution in [0.5, 0.6) is 0 Å². The van der Waals surface area contributed by atoms with Gasteiger partial charge in [-0.3, -0.25) is 4.79 Å². The average molecular weight is 170 g/mol. The molecule has 4 N–H and O–H groups in total. The third kappa shape index (κ3) is 5.55. The predicted octanol–water partition coefficient (Wildman–Crippen LogP) is 0.386. The molecule has 0 unspecified atom stereocenters. The molecule has 0 heterocycles. The summed E-state index contributed by atoms with van der Waals surface area (Å²) in [6.07, 6.45) is 2.03. The van der Waals surface area contributed by atoms with Gasteiger partial charge in [-0.15, -0.1) is 0 Å². The lowest BCUT2D eigenvalue weighted by molar-refractivity contribution is -0.116. The Kier molecular flexibility index (Phi) is 5.81. The number of Topliss-reactive ketones (excluding diaryl/α,β-unsaturated/α-hetero) is 1. The molecule has 0 radical (unpaired) electrons. The third-order valence-corrected chi connectivity index (χ3v) is 1.24. The van der Waals surface area contributed by atoms with Crippen molar-refractivity contribution in [2.75, 3.05) is 13.1 Å². The average Bonchev–Trinajstić information content (AvgIpc) is 2.04. The first kappa shape index (κ1) is 10.8. The molecule has 0 saturated heterocycles. The first-order chi connectivity index (χ1) is 5.70. The van der Waals surface area contributed by atoms with E-state index in [-0.39, 0.29) is 12.3 Å². The van der Waals surface area contributed by atoms with E-state index < -0.39 is 0 Å². The van der Waals surface area contributed by atoms with Crippen LogP contribution < -0.4 is 11.1 Å². The Morgan fingerprint density at radius 3 is 2.83 bits per heavy atom. The fourth-order valence-electron chi connectivity index (χ4n) is 0.575. The Hall–Kier alpha value is -1.23. The molecule has 0 aliphatic carbocycles. The number of rotatable bonds is 6. The summed E-state index contributed by atoms with van der Waals surface area (Å²) in [5.41, 5.74) is 12.4. The highest BCUT2D eigenvalue weighted by atomic mass is 16.1. The van der Waals surface area contributed by atoms with Crippen LogP contribution in [0.4, 0.5) is 0 Å². The maximum Gasteiger partial charge on any atom is 0.131 e. The second kappa shape index (κ2) is 6.48. The van der Waals surface area contributed by atoms with Gasteiger partial charge in [0.25, 0.3) is 0 Å². The van der Waals surface area contributed by atoms with Crippen molar-refractivity contribution in [1.29, 1.82) is 5.53 Å². The van der Waals surface area contributed by atoms with E-state index in [0.29, 0.717) is 18.7 Å². The zero-order valence-electron chi connectivity index (χ0n) is 7.13. The fourth-order valence-corrected chi connectivity index (χ4v) is 0.575. The van der Waals surface area contributed by atoms with Gasteiger partial charge in [-0.25, -0.2) is 5.53 Å². The molecule has 0 fully saturated rings. The first-order valence-corrected chi connectivity index (χ1v) is 3.70. The number of hydrogen-bond acceptors (Lipinski definition) is 5. The van der Waals surface area contributed by atoms with Crippen LogP contribution in [0, 0.1) is 5.53 Å². The predicted molar refractivity (Wildman–Crippen MR) is 45.6 cm³/mol. The lowest BCUT2D eigenvalue weighted by Gasteiger charge is -1.98. The van der Waals surface area contributed by atoms with Crippen molar-refractivity contribution in [3.63, 3.8) is 0 Å². The molecule has 0 aromatic rings. The summed E-state index contributed by atoms with van der Waals surface area (Å²) in [7, 11) is 0. The molecule has 0 rings (SSSR count). The summed E-state index contributed by atoms with van der Waals surface area (Å²) in [6, 6.07) is 0. The smallest absolute Gasteiger partial charge is 0.131 e. The second-order valence-electron chi connectivity index (χ2n) is 2.36. The molecule has 0 amide bonds. The normalized spacial score (nSPS) is 11.0. The van der Waals surface area contributed by atoms with E-state index in [1.165, 1.54) is 6.92 Å². The third-order valence-electron chi connectivity index (χ3n) is 1.24. The largest absolute Gasteiger partial charge is 0.389 e. The number of carbonyl (C=O) groups is 1. The Balaban J connectivity index is 3.57. The Labute approximate surface area is 71.5 Å². The lowest BCUT2D eigenvalue weighted by atomic mass is 10.3. The van der Waals surface area contributed by atoms with Gasteiger partial charge < -0.3 is 11.1 Å². The van der Waals surface area contributed by atoms with Crippen LogP contribution in [0.15, 0.2) is 17.0 Å². The van der Waals surface area contributed by atoms with Gasteiger partial charge in [-0.1, -0.05) is 0 Å². The van der Waals surface area contributed by atoms with E-state index in [1.807, 2.05) is 0 Å². The lowest BCUT2D eigenvalue weighted by Crippen LogP contribution is -2.13. The summed E-state index contributed by atoms with van der Waals surface area (Å²) in [5.74, 6) is 0.132. The molecule has 0 spiro atoms. The highest BCUT2D eigenvalue weighted by molar-refractivity contribution is 5.75. The Morgan fingerprint density at radius 1 is 1.75 bits per heavy atom. The molecule has 0 aliphatic rings. The first-order valence-electron chi connectivity index (χ1n) is 3.70. The van der Waals surface area contributed by atoms with Crippen molar-refractivity contribution in [2.24, 2.45) is 10.8 Å². The maximum atomic E-state index is 10.5. The van der Waals surface area contributed by atoms with Gasteiger partial charge in [0, 0.05) is 25.7 Å². The Morgan fingerprint density at radius 2 is 2.42 bits per heavy atom. The number of nitrogens with two attached hydrogens (primary N) is 1. The van der Waals surface area contributed by atoms with Crippen LogP contribution in [0.2, 0.25) is 0 Å². The van der Waals surface area contributed by atoms with Crippen molar-refractivity contribution in [2.45, 2.75) is 13.3 Å². The molecule has 0 aliphatic heterocycles. The summed E-state index contributed by atoms with van der Waals surface area (Å²) < 4.78 is 0. The summed E-state index contributed by atoms with van der Waals surface area (Å²) in [6.45, 7) is 2.33. The van der Waals surface area contributed by atoms with Gasteiger partial charge in [0.2, 0.25) is 0 Å². The highest BCUT2D eigenvalue weighted by Crippen LogP contribution is 1.89. The monoisotopic (exact) mass is 170 g/mol. The Bertz CT molecular complexity index is 188. The number of ketones is 1. The van der Waals surface area contributed by atoms with E-state index in [2.05, 4.69) is 10.4 Å². The van der Waals surface area contributed by atoms with E-state index in [4.69, 9.17) is 11.3 Å². The van der Waals surface area contributed by atoms with Gasteiger partial charge in [-0.2, -0.15) is 5.11 Å². The standard InChI is InChI=1S/C7H14N4O/c1-6(12)2-3-10-5-7(4-8)11-9/h5,9-10H,2-4,8H2,1H3/b7-5-,11-9?. The zero-order chi connectivity index (χ0) is 9.40. The molecule has 5 nitrogen and oxygen atoms in total. The number of nitrogens with one attached hydrogen (secondary N) is 2. The summed E-state index contributed by atoms with van der Waals surface area (Å²) >= 11 is 0. The van der Waals surface area contributed by atoms with Crippen molar-refractivity contribution in [3.05, 3.63) is 11.9 Å². The number of hydrogen-bond donors (Lipinski definition) is 3. The SMILES string of the molecule is CC(=O)CCN/C=C(/CN)N=N. The minimum Gasteiger partial charge on any atom is -0.389 e. The van der Waals surface area contributed by atoms with E-state index in [9.17, 15) is 4.79 Å². The van der Waals surface area contributed by atoms with Crippen molar-refractivity contribution < 1.29 is 4.79 Å². The fraction of sp³-hybridized carbons (Fsp3) is 0.571. The quantitative estimate of drug-likeness (QED) is 0.397. The van der Waals surface area contributed by atoms with E-state index in [0.717, 1.165) is 0 Å². The van der Waals surface area contributed by atoms with Crippen LogP contribution in [0.1, 0.15) is 13.3 Å². The molecular weight excluding hydrogens is 156 g/mol. The van der Waals surface area contributed by atoms with E-state index in [1.54, 1.807) is 6.20 Å². The van der Waals surface area contributed by atoms with Crippen molar-refractivity contribution in [3.8, 4) is 0 Å². The van der Waals surface area contributed by atoms with Gasteiger partial charge in [0.15, 0.2) is 0 Å². The molecule has 0 aromatic carbocycles. The van der Waals surface area contributed by atoms with Crippen molar-refractivity contribution in [1.82, 2.24) is 5.32 Å². The minimum absolute atomic E-state index is 0.132. The van der Waals surface area contributed by atoms with Crippen LogP contribution in [0.3, 0.4) is 0 Å². The van der Waals surface area contributed by atoms with Crippen molar-refractivity contribution >= 4 is 5.78 Å². The molecule has 0 saturated carbocycles. The molecular formula is C7H14N4O. The maximum absolute atomic E-state index is 10.5. The zero-order valence-corrected chi connectivity index (χ0v) is 7.13. The molecule has 68 valence electrons. The molecule has 5 heteroatoms. The number of carbonyl (C=O) groups excluding carboxylic acids is 1. The minimum atomic E-state index is 0.132. The molecule has 0 bridgehead atoms. The topological polar surface area (TPSA) is 91.3 Å². The number of nitrogens with zero attached hydrogens (tertiary/aromatic N) is 1. The van der Waals surface area contributed by atoms with E-state index >= 15 is 0 Å². The highest BCUT2D eigenvalue weighted by Gasteiger charge is 1.91.